The molecule has 0 amide bonds. The fourth-order valence-electron chi connectivity index (χ4n) is 2.29. The summed E-state index contributed by atoms with van der Waals surface area (Å²) >= 11 is 1.40. The number of amidine groups is 1. The van der Waals surface area contributed by atoms with E-state index in [1.807, 2.05) is 6.08 Å². The summed E-state index contributed by atoms with van der Waals surface area (Å²) < 4.78 is 4.88. The summed E-state index contributed by atoms with van der Waals surface area (Å²) in [6.07, 6.45) is 8.22. The van der Waals surface area contributed by atoms with Gasteiger partial charge in [-0.2, -0.15) is 0 Å². The lowest BCUT2D eigenvalue weighted by Gasteiger charge is -2.28. The van der Waals surface area contributed by atoms with E-state index in [0.29, 0.717) is 18.4 Å². The molecule has 102 valence electrons. The molecular formula is C13H22N2O2S. The summed E-state index contributed by atoms with van der Waals surface area (Å²) in [6.45, 7) is 2.22. The maximum atomic E-state index is 11.3. The molecule has 0 spiro atoms. The molecule has 0 saturated heterocycles. The summed E-state index contributed by atoms with van der Waals surface area (Å²) in [6, 6.07) is 0. The van der Waals surface area contributed by atoms with Crippen molar-refractivity contribution in [2.75, 3.05) is 12.4 Å². The van der Waals surface area contributed by atoms with Gasteiger partial charge < -0.3 is 10.5 Å². The molecule has 1 fully saturated rings. The number of ether oxygens (including phenoxy) is 1. The summed E-state index contributed by atoms with van der Waals surface area (Å²) in [4.78, 5) is 11.3. The molecule has 1 aliphatic carbocycles. The van der Waals surface area contributed by atoms with Crippen molar-refractivity contribution in [3.8, 4) is 0 Å². The molecule has 0 aromatic heterocycles. The van der Waals surface area contributed by atoms with Crippen LogP contribution in [0.3, 0.4) is 0 Å². The zero-order valence-electron chi connectivity index (χ0n) is 10.9. The van der Waals surface area contributed by atoms with Crippen LogP contribution in [-0.2, 0) is 9.53 Å². The first-order valence-electron chi connectivity index (χ1n) is 6.45. The molecule has 0 heterocycles. The predicted octanol–water partition coefficient (Wildman–Crippen LogP) is 2.54. The second kappa shape index (κ2) is 8.19. The lowest BCUT2D eigenvalue weighted by atomic mass is 9.80. The van der Waals surface area contributed by atoms with E-state index in [1.54, 1.807) is 13.0 Å². The number of rotatable bonds is 5. The van der Waals surface area contributed by atoms with Crippen molar-refractivity contribution in [2.45, 2.75) is 32.6 Å². The predicted molar refractivity (Wildman–Crippen MR) is 75.6 cm³/mol. The van der Waals surface area contributed by atoms with Gasteiger partial charge in [-0.15, -0.1) is 0 Å². The molecule has 1 aliphatic rings. The summed E-state index contributed by atoms with van der Waals surface area (Å²) in [7, 11) is 0. The highest BCUT2D eigenvalue weighted by Gasteiger charge is 2.23. The van der Waals surface area contributed by atoms with Crippen LogP contribution < -0.4 is 5.73 Å². The van der Waals surface area contributed by atoms with E-state index in [0.717, 1.165) is 18.6 Å². The molecule has 18 heavy (non-hydrogen) atoms. The third-order valence-electron chi connectivity index (χ3n) is 3.19. The molecule has 5 heteroatoms. The Morgan fingerprint density at radius 3 is 2.89 bits per heavy atom. The van der Waals surface area contributed by atoms with Crippen LogP contribution in [0.1, 0.15) is 32.6 Å². The standard InChI is InChI=1S/C13H22N2O2S/c1-2-17-12(16)8-7-10-5-3-4-6-11(10)9-18-13(14)15/h7-8,10-11H,2-6,9H2,1H3,(H3,14,15)/b8-7+. The van der Waals surface area contributed by atoms with Crippen molar-refractivity contribution in [1.82, 2.24) is 0 Å². The molecule has 2 unspecified atom stereocenters. The number of nitrogens with one attached hydrogen (secondary N) is 1. The number of carbonyl (C=O) groups excluding carboxylic acids is 1. The Bertz CT molecular complexity index is 318. The fraction of sp³-hybridized carbons (Fsp3) is 0.692. The minimum Gasteiger partial charge on any atom is -0.463 e. The van der Waals surface area contributed by atoms with Crippen molar-refractivity contribution in [2.24, 2.45) is 17.6 Å². The van der Waals surface area contributed by atoms with Gasteiger partial charge in [0.1, 0.15) is 0 Å². The van der Waals surface area contributed by atoms with Gasteiger partial charge in [0.2, 0.25) is 0 Å². The molecular weight excluding hydrogens is 248 g/mol. The van der Waals surface area contributed by atoms with Crippen LogP contribution >= 0.6 is 11.8 Å². The Hall–Kier alpha value is -0.970. The van der Waals surface area contributed by atoms with Gasteiger partial charge in [-0.05, 0) is 31.6 Å². The zero-order chi connectivity index (χ0) is 13.4. The van der Waals surface area contributed by atoms with Crippen LogP contribution in [0.2, 0.25) is 0 Å². The maximum absolute atomic E-state index is 11.3. The van der Waals surface area contributed by atoms with Crippen LogP contribution in [-0.4, -0.2) is 23.5 Å². The summed E-state index contributed by atoms with van der Waals surface area (Å²) in [5, 5.41) is 7.43. The molecule has 3 N–H and O–H groups in total. The van der Waals surface area contributed by atoms with Gasteiger partial charge in [-0.1, -0.05) is 30.7 Å². The molecule has 1 rings (SSSR count). The van der Waals surface area contributed by atoms with Gasteiger partial charge in [-0.3, -0.25) is 5.41 Å². The quantitative estimate of drug-likeness (QED) is 0.348. The van der Waals surface area contributed by atoms with Crippen LogP contribution in [0.15, 0.2) is 12.2 Å². The largest absolute Gasteiger partial charge is 0.463 e. The van der Waals surface area contributed by atoms with Crippen molar-refractivity contribution in [3.63, 3.8) is 0 Å². The van der Waals surface area contributed by atoms with E-state index >= 15 is 0 Å². The molecule has 2 atom stereocenters. The van der Waals surface area contributed by atoms with E-state index in [4.69, 9.17) is 15.9 Å². The van der Waals surface area contributed by atoms with Gasteiger partial charge in [0, 0.05) is 11.8 Å². The van der Waals surface area contributed by atoms with Crippen molar-refractivity contribution in [3.05, 3.63) is 12.2 Å². The lowest BCUT2D eigenvalue weighted by molar-refractivity contribution is -0.137. The first-order chi connectivity index (χ1) is 8.63. The third kappa shape index (κ3) is 5.58. The van der Waals surface area contributed by atoms with Crippen LogP contribution in [0, 0.1) is 17.2 Å². The Morgan fingerprint density at radius 1 is 1.50 bits per heavy atom. The Labute approximate surface area is 113 Å². The van der Waals surface area contributed by atoms with Crippen molar-refractivity contribution in [1.29, 1.82) is 5.41 Å². The van der Waals surface area contributed by atoms with Crippen LogP contribution in [0.4, 0.5) is 0 Å². The van der Waals surface area contributed by atoms with E-state index < -0.39 is 0 Å². The first-order valence-corrected chi connectivity index (χ1v) is 7.43. The molecule has 0 aromatic rings. The topological polar surface area (TPSA) is 76.2 Å². The molecule has 0 bridgehead atoms. The van der Waals surface area contributed by atoms with E-state index in [-0.39, 0.29) is 11.1 Å². The van der Waals surface area contributed by atoms with E-state index in [1.165, 1.54) is 24.6 Å². The Balaban J connectivity index is 2.48. The SMILES string of the molecule is CCOC(=O)/C=C/C1CCCCC1CSC(=N)N. The highest BCUT2D eigenvalue weighted by atomic mass is 32.2. The number of hydrogen-bond donors (Lipinski definition) is 2. The van der Waals surface area contributed by atoms with Crippen LogP contribution in [0.25, 0.3) is 0 Å². The monoisotopic (exact) mass is 270 g/mol. The minimum absolute atomic E-state index is 0.175. The molecule has 0 aliphatic heterocycles. The number of allylic oxidation sites excluding steroid dienone is 1. The number of hydrogen-bond acceptors (Lipinski definition) is 4. The van der Waals surface area contributed by atoms with Gasteiger partial charge in [0.15, 0.2) is 5.17 Å². The number of nitrogens with two attached hydrogens (primary N) is 1. The maximum Gasteiger partial charge on any atom is 0.330 e. The van der Waals surface area contributed by atoms with Gasteiger partial charge in [-0.25, -0.2) is 4.79 Å². The minimum atomic E-state index is -0.263. The smallest absolute Gasteiger partial charge is 0.330 e. The van der Waals surface area contributed by atoms with E-state index in [2.05, 4.69) is 0 Å². The fourth-order valence-corrected chi connectivity index (χ4v) is 3.09. The second-order valence-corrected chi connectivity index (χ2v) is 5.56. The van der Waals surface area contributed by atoms with E-state index in [9.17, 15) is 4.79 Å². The average Bonchev–Trinajstić information content (AvgIpc) is 2.35. The zero-order valence-corrected chi connectivity index (χ0v) is 11.7. The molecule has 4 nitrogen and oxygen atoms in total. The molecule has 0 radical (unpaired) electrons. The highest BCUT2D eigenvalue weighted by molar-refractivity contribution is 8.13. The van der Waals surface area contributed by atoms with Crippen molar-refractivity contribution >= 4 is 22.9 Å². The number of esters is 1. The third-order valence-corrected chi connectivity index (χ3v) is 4.09. The van der Waals surface area contributed by atoms with Gasteiger partial charge >= 0.3 is 5.97 Å². The average molecular weight is 270 g/mol. The summed E-state index contributed by atoms with van der Waals surface area (Å²) in [5.41, 5.74) is 5.37. The van der Waals surface area contributed by atoms with Gasteiger partial charge in [0.25, 0.3) is 0 Å². The lowest BCUT2D eigenvalue weighted by Crippen LogP contribution is -2.21. The number of carbonyl (C=O) groups is 1. The normalized spacial score (nSPS) is 24.1. The first kappa shape index (κ1) is 15.1. The Kier molecular flexibility index (Phi) is 6.86. The van der Waals surface area contributed by atoms with Crippen LogP contribution in [0.5, 0.6) is 0 Å². The van der Waals surface area contributed by atoms with Crippen molar-refractivity contribution < 1.29 is 9.53 Å². The highest BCUT2D eigenvalue weighted by Crippen LogP contribution is 2.33. The summed E-state index contributed by atoms with van der Waals surface area (Å²) in [5.74, 6) is 1.53. The molecule has 0 aromatic carbocycles. The number of thioether (sulfide) groups is 1. The van der Waals surface area contributed by atoms with Gasteiger partial charge in [0.05, 0.1) is 6.61 Å². The Morgan fingerprint density at radius 2 is 2.22 bits per heavy atom. The molecule has 1 saturated carbocycles. The second-order valence-electron chi connectivity index (χ2n) is 4.49.